The molecule has 11 heteroatoms. The summed E-state index contributed by atoms with van der Waals surface area (Å²) in [5.74, 6) is 0.0500. The molecule has 1 unspecified atom stereocenters. The number of carbonyl (C=O) groups excluding carboxylic acids is 1. The number of hydrogen-bond acceptors (Lipinski definition) is 8. The van der Waals surface area contributed by atoms with Gasteiger partial charge in [-0.2, -0.15) is 4.98 Å². The molecule has 0 saturated carbocycles. The van der Waals surface area contributed by atoms with Crippen molar-refractivity contribution in [3.8, 4) is 0 Å². The van der Waals surface area contributed by atoms with Crippen molar-refractivity contribution in [3.63, 3.8) is 0 Å². The number of carboxylic acids is 1. The summed E-state index contributed by atoms with van der Waals surface area (Å²) in [4.78, 5) is 45.3. The standard InChI is InChI=1S/C26H33N7O3.C2H7N/c1-2-3-4-5-8-19-18-15-20(25(35)36)28-23(18)31-26(29-19)30-22-11-10-17(16-27-22)33-14-13-32-12-7-6-9-21(32)24(33)34;1-3-2/h10-11,15-16,21H,2-9,12-14H2,1H3,(H,35,36)(H2,27,28,29,30,31);3H,1-2H3. The lowest BCUT2D eigenvalue weighted by atomic mass is 9.98. The van der Waals surface area contributed by atoms with E-state index in [-0.39, 0.29) is 17.6 Å². The third kappa shape index (κ3) is 6.90. The fourth-order valence-corrected chi connectivity index (χ4v) is 5.20. The van der Waals surface area contributed by atoms with Gasteiger partial charge in [0.2, 0.25) is 11.9 Å². The Morgan fingerprint density at radius 3 is 2.67 bits per heavy atom. The number of aromatic amines is 1. The zero-order valence-corrected chi connectivity index (χ0v) is 23.2. The fourth-order valence-electron chi connectivity index (χ4n) is 5.20. The van der Waals surface area contributed by atoms with Crippen molar-refractivity contribution < 1.29 is 14.7 Å². The number of nitrogens with one attached hydrogen (secondary N) is 3. The number of aromatic nitrogens is 4. The van der Waals surface area contributed by atoms with E-state index >= 15 is 0 Å². The van der Waals surface area contributed by atoms with E-state index in [1.165, 1.54) is 6.42 Å². The van der Waals surface area contributed by atoms with E-state index in [0.29, 0.717) is 24.0 Å². The van der Waals surface area contributed by atoms with Crippen molar-refractivity contribution in [3.05, 3.63) is 35.8 Å². The molecule has 2 fully saturated rings. The summed E-state index contributed by atoms with van der Waals surface area (Å²) in [7, 11) is 3.75. The van der Waals surface area contributed by atoms with Gasteiger partial charge in [0.25, 0.3) is 0 Å². The van der Waals surface area contributed by atoms with Crippen LogP contribution < -0.4 is 15.5 Å². The molecule has 0 aromatic carbocycles. The van der Waals surface area contributed by atoms with Crippen LogP contribution in [0.5, 0.6) is 0 Å². The van der Waals surface area contributed by atoms with Crippen molar-refractivity contribution in [1.29, 1.82) is 0 Å². The molecule has 4 N–H and O–H groups in total. The Morgan fingerprint density at radius 1 is 1.13 bits per heavy atom. The third-order valence-corrected chi connectivity index (χ3v) is 7.14. The topological polar surface area (TPSA) is 139 Å². The van der Waals surface area contributed by atoms with Crippen molar-refractivity contribution >= 4 is 40.4 Å². The second-order valence-corrected chi connectivity index (χ2v) is 10.1. The van der Waals surface area contributed by atoms with Gasteiger partial charge in [-0.15, -0.1) is 0 Å². The molecule has 2 saturated heterocycles. The first-order valence-corrected chi connectivity index (χ1v) is 13.9. The summed E-state index contributed by atoms with van der Waals surface area (Å²) in [6.45, 7) is 4.73. The minimum absolute atomic E-state index is 0.0161. The van der Waals surface area contributed by atoms with Crippen LogP contribution in [-0.2, 0) is 11.2 Å². The molecule has 39 heavy (non-hydrogen) atoms. The number of fused-ring (bicyclic) bond motifs is 2. The lowest BCUT2D eigenvalue weighted by molar-refractivity contribution is -0.127. The molecule has 11 nitrogen and oxygen atoms in total. The second-order valence-electron chi connectivity index (χ2n) is 10.1. The zero-order chi connectivity index (χ0) is 27.8. The Hall–Kier alpha value is -3.57. The Balaban J connectivity index is 0.00000112. The maximum atomic E-state index is 13.1. The number of rotatable bonds is 9. The smallest absolute Gasteiger partial charge is 0.352 e. The van der Waals surface area contributed by atoms with Crippen LogP contribution >= 0.6 is 0 Å². The van der Waals surface area contributed by atoms with Crippen LogP contribution in [0.15, 0.2) is 24.4 Å². The first kappa shape index (κ1) is 28.4. The molecular formula is C28H40N8O3. The number of carboxylic acid groups (broad SMARTS) is 1. The van der Waals surface area contributed by atoms with E-state index < -0.39 is 5.97 Å². The molecule has 0 aliphatic carbocycles. The molecule has 210 valence electrons. The van der Waals surface area contributed by atoms with Crippen LogP contribution in [0.1, 0.15) is 68.1 Å². The summed E-state index contributed by atoms with van der Waals surface area (Å²) < 4.78 is 0. The Bertz CT molecular complexity index is 1260. The summed E-state index contributed by atoms with van der Waals surface area (Å²) >= 11 is 0. The van der Waals surface area contributed by atoms with Crippen molar-refractivity contribution in [1.82, 2.24) is 30.2 Å². The number of hydrogen-bond donors (Lipinski definition) is 4. The highest BCUT2D eigenvalue weighted by Gasteiger charge is 2.36. The number of aromatic carboxylic acids is 1. The largest absolute Gasteiger partial charge is 0.477 e. The molecule has 5 rings (SSSR count). The fraction of sp³-hybridized carbons (Fsp3) is 0.536. The summed E-state index contributed by atoms with van der Waals surface area (Å²) in [5.41, 5.74) is 2.19. The van der Waals surface area contributed by atoms with Gasteiger partial charge in [0.05, 0.1) is 23.6 Å². The molecule has 0 bridgehead atoms. The number of pyridine rings is 1. The SMILES string of the molecule is CCCCCCc1nc(Nc2ccc(N3CCN4CCCCC4C3=O)cn2)nc2[nH]c(C(=O)O)cc12.CNC. The minimum atomic E-state index is -1.03. The maximum absolute atomic E-state index is 13.1. The van der Waals surface area contributed by atoms with Gasteiger partial charge < -0.3 is 25.6 Å². The van der Waals surface area contributed by atoms with Gasteiger partial charge in [-0.05, 0) is 64.5 Å². The molecule has 2 aliphatic heterocycles. The lowest BCUT2D eigenvalue weighted by Crippen LogP contribution is -2.58. The van der Waals surface area contributed by atoms with E-state index in [9.17, 15) is 14.7 Å². The van der Waals surface area contributed by atoms with Gasteiger partial charge in [0.15, 0.2) is 0 Å². The summed E-state index contributed by atoms with van der Waals surface area (Å²) in [5, 5.41) is 16.0. The summed E-state index contributed by atoms with van der Waals surface area (Å²) in [6, 6.07) is 5.30. The van der Waals surface area contributed by atoms with Gasteiger partial charge in [0.1, 0.15) is 17.2 Å². The molecule has 1 atom stereocenters. The highest BCUT2D eigenvalue weighted by molar-refractivity contribution is 5.98. The number of anilines is 3. The molecule has 3 aromatic heterocycles. The van der Waals surface area contributed by atoms with Crippen LogP contribution in [0.2, 0.25) is 0 Å². The average molecular weight is 537 g/mol. The minimum Gasteiger partial charge on any atom is -0.477 e. The van der Waals surface area contributed by atoms with Crippen LogP contribution in [0.4, 0.5) is 17.5 Å². The number of nitrogens with zero attached hydrogens (tertiary/aromatic N) is 5. The normalized spacial score (nSPS) is 17.5. The molecule has 3 aromatic rings. The zero-order valence-electron chi connectivity index (χ0n) is 23.2. The number of H-pyrrole nitrogens is 1. The third-order valence-electron chi connectivity index (χ3n) is 7.14. The molecule has 2 aliphatic rings. The van der Waals surface area contributed by atoms with Gasteiger partial charge in [-0.1, -0.05) is 32.6 Å². The predicted molar refractivity (Wildman–Crippen MR) is 153 cm³/mol. The summed E-state index contributed by atoms with van der Waals surface area (Å²) in [6.07, 6.45) is 10.0. The Kier molecular flexibility index (Phi) is 9.83. The monoisotopic (exact) mass is 536 g/mol. The Morgan fingerprint density at radius 2 is 1.95 bits per heavy atom. The first-order chi connectivity index (χ1) is 18.9. The molecular weight excluding hydrogens is 496 g/mol. The van der Waals surface area contributed by atoms with E-state index in [1.807, 2.05) is 31.1 Å². The van der Waals surface area contributed by atoms with Gasteiger partial charge in [-0.25, -0.2) is 14.8 Å². The molecule has 0 spiro atoms. The van der Waals surface area contributed by atoms with Crippen LogP contribution in [0.3, 0.4) is 0 Å². The van der Waals surface area contributed by atoms with Crippen LogP contribution in [-0.4, -0.2) is 81.6 Å². The molecule has 1 amide bonds. The molecule has 5 heterocycles. The first-order valence-electron chi connectivity index (χ1n) is 13.9. The second kappa shape index (κ2) is 13.5. The average Bonchev–Trinajstić information content (AvgIpc) is 3.38. The van der Waals surface area contributed by atoms with E-state index in [1.54, 1.807) is 12.3 Å². The number of unbranched alkanes of at least 4 members (excludes halogenated alkanes) is 3. The van der Waals surface area contributed by atoms with Gasteiger partial charge in [-0.3, -0.25) is 9.69 Å². The van der Waals surface area contributed by atoms with E-state index in [4.69, 9.17) is 4.98 Å². The Labute approximate surface area is 229 Å². The molecule has 0 radical (unpaired) electrons. The highest BCUT2D eigenvalue weighted by Crippen LogP contribution is 2.27. The number of piperidine rings is 1. The van der Waals surface area contributed by atoms with Crippen LogP contribution in [0, 0.1) is 0 Å². The van der Waals surface area contributed by atoms with Crippen molar-refractivity contribution in [2.75, 3.05) is 43.9 Å². The van der Waals surface area contributed by atoms with Crippen molar-refractivity contribution in [2.45, 2.75) is 64.3 Å². The van der Waals surface area contributed by atoms with Crippen LogP contribution in [0.25, 0.3) is 11.0 Å². The van der Waals surface area contributed by atoms with Gasteiger partial charge >= 0.3 is 5.97 Å². The number of piperazine rings is 1. The quantitative estimate of drug-likeness (QED) is 0.299. The number of amides is 1. The predicted octanol–water partition coefficient (Wildman–Crippen LogP) is 3.95. The maximum Gasteiger partial charge on any atom is 0.352 e. The number of carbonyl (C=O) groups is 2. The van der Waals surface area contributed by atoms with E-state index in [0.717, 1.165) is 74.8 Å². The van der Waals surface area contributed by atoms with Crippen molar-refractivity contribution in [2.24, 2.45) is 0 Å². The number of aryl methyl sites for hydroxylation is 1. The lowest BCUT2D eigenvalue weighted by Gasteiger charge is -2.42. The van der Waals surface area contributed by atoms with Gasteiger partial charge in [0, 0.05) is 18.5 Å². The van der Waals surface area contributed by atoms with E-state index in [2.05, 4.69) is 37.4 Å². The highest BCUT2D eigenvalue weighted by atomic mass is 16.4.